The molecule has 0 bridgehead atoms. The molecule has 7 nitrogen and oxygen atoms in total. The van der Waals surface area contributed by atoms with E-state index in [4.69, 9.17) is 14.2 Å². The minimum atomic E-state index is -0.134. The Balaban J connectivity index is 1.58. The Hall–Kier alpha value is -2.64. The Morgan fingerprint density at radius 3 is 2.70 bits per heavy atom. The zero-order valence-electron chi connectivity index (χ0n) is 15.5. The number of hydrogen-bond acceptors (Lipinski definition) is 6. The number of amides is 1. The first-order chi connectivity index (χ1) is 13.3. The molecule has 1 aromatic heterocycles. The SMILES string of the molecule is COCCOc1ccc(CNC(=O)c2cccnc2N2CCOCC2)cc1. The lowest BCUT2D eigenvalue weighted by Gasteiger charge is -2.29. The van der Waals surface area contributed by atoms with Crippen LogP contribution < -0.4 is 15.0 Å². The molecule has 2 heterocycles. The quantitative estimate of drug-likeness (QED) is 0.715. The maximum Gasteiger partial charge on any atom is 0.255 e. The monoisotopic (exact) mass is 371 g/mol. The van der Waals surface area contributed by atoms with Gasteiger partial charge >= 0.3 is 0 Å². The van der Waals surface area contributed by atoms with Gasteiger partial charge in [-0.3, -0.25) is 4.79 Å². The second-order valence-electron chi connectivity index (χ2n) is 6.14. The van der Waals surface area contributed by atoms with Gasteiger partial charge in [-0.1, -0.05) is 12.1 Å². The number of morpholine rings is 1. The second-order valence-corrected chi connectivity index (χ2v) is 6.14. The first kappa shape index (κ1) is 19.1. The Labute approximate surface area is 159 Å². The van der Waals surface area contributed by atoms with Crippen LogP contribution >= 0.6 is 0 Å². The van der Waals surface area contributed by atoms with Gasteiger partial charge in [-0.05, 0) is 29.8 Å². The van der Waals surface area contributed by atoms with E-state index in [1.54, 1.807) is 25.4 Å². The van der Waals surface area contributed by atoms with Crippen molar-refractivity contribution in [3.05, 3.63) is 53.7 Å². The number of pyridine rings is 1. The summed E-state index contributed by atoms with van der Waals surface area (Å²) in [5.41, 5.74) is 1.58. The van der Waals surface area contributed by atoms with E-state index in [0.29, 0.717) is 44.4 Å². The summed E-state index contributed by atoms with van der Waals surface area (Å²) in [4.78, 5) is 19.2. The van der Waals surface area contributed by atoms with Gasteiger partial charge < -0.3 is 24.4 Å². The molecule has 0 radical (unpaired) electrons. The number of nitrogens with one attached hydrogen (secondary N) is 1. The summed E-state index contributed by atoms with van der Waals surface area (Å²) in [6, 6.07) is 11.2. The van der Waals surface area contributed by atoms with Gasteiger partial charge in [-0.15, -0.1) is 0 Å². The van der Waals surface area contributed by atoms with Crippen LogP contribution in [0.5, 0.6) is 5.75 Å². The van der Waals surface area contributed by atoms with Crippen molar-refractivity contribution in [1.29, 1.82) is 0 Å². The molecule has 1 N–H and O–H groups in total. The number of methoxy groups -OCH3 is 1. The number of aromatic nitrogens is 1. The normalized spacial score (nSPS) is 14.0. The Bertz CT molecular complexity index is 730. The fraction of sp³-hybridized carbons (Fsp3) is 0.400. The van der Waals surface area contributed by atoms with Gasteiger partial charge in [0.05, 0.1) is 25.4 Å². The molecule has 0 spiro atoms. The number of benzene rings is 1. The van der Waals surface area contributed by atoms with Crippen molar-refractivity contribution in [2.45, 2.75) is 6.54 Å². The van der Waals surface area contributed by atoms with Crippen LogP contribution in [0.3, 0.4) is 0 Å². The summed E-state index contributed by atoms with van der Waals surface area (Å²) in [6.45, 7) is 4.28. The molecule has 1 amide bonds. The maximum absolute atomic E-state index is 12.7. The predicted molar refractivity (Wildman–Crippen MR) is 102 cm³/mol. The van der Waals surface area contributed by atoms with E-state index in [9.17, 15) is 4.79 Å². The average Bonchev–Trinajstić information content (AvgIpc) is 2.74. The third-order valence-electron chi connectivity index (χ3n) is 4.27. The van der Waals surface area contributed by atoms with Crippen LogP contribution in [0, 0.1) is 0 Å². The molecule has 1 aromatic carbocycles. The molecule has 0 saturated carbocycles. The summed E-state index contributed by atoms with van der Waals surface area (Å²) in [6.07, 6.45) is 1.71. The molecule has 1 saturated heterocycles. The maximum atomic E-state index is 12.7. The number of carbonyl (C=O) groups is 1. The van der Waals surface area contributed by atoms with Crippen LogP contribution in [0.15, 0.2) is 42.6 Å². The van der Waals surface area contributed by atoms with Crippen molar-refractivity contribution in [2.75, 3.05) is 51.5 Å². The number of carbonyl (C=O) groups excluding carboxylic acids is 1. The van der Waals surface area contributed by atoms with Gasteiger partial charge in [-0.2, -0.15) is 0 Å². The van der Waals surface area contributed by atoms with Crippen LogP contribution in [0.4, 0.5) is 5.82 Å². The van der Waals surface area contributed by atoms with Gasteiger partial charge in [0.15, 0.2) is 0 Å². The van der Waals surface area contributed by atoms with Gasteiger partial charge in [0.1, 0.15) is 18.2 Å². The van der Waals surface area contributed by atoms with Gasteiger partial charge in [0.2, 0.25) is 0 Å². The zero-order chi connectivity index (χ0) is 18.9. The second kappa shape index (κ2) is 9.89. The van der Waals surface area contributed by atoms with Crippen LogP contribution in [-0.4, -0.2) is 57.5 Å². The Morgan fingerprint density at radius 1 is 1.19 bits per heavy atom. The first-order valence-electron chi connectivity index (χ1n) is 9.04. The van der Waals surface area contributed by atoms with E-state index in [0.717, 1.165) is 24.4 Å². The molecular formula is C20H25N3O4. The Morgan fingerprint density at radius 2 is 1.96 bits per heavy atom. The summed E-state index contributed by atoms with van der Waals surface area (Å²) in [7, 11) is 1.64. The molecule has 0 unspecified atom stereocenters. The molecule has 27 heavy (non-hydrogen) atoms. The average molecular weight is 371 g/mol. The minimum Gasteiger partial charge on any atom is -0.491 e. The van der Waals surface area contributed by atoms with E-state index in [2.05, 4.69) is 15.2 Å². The lowest BCUT2D eigenvalue weighted by atomic mass is 10.2. The largest absolute Gasteiger partial charge is 0.491 e. The topological polar surface area (TPSA) is 72.9 Å². The van der Waals surface area contributed by atoms with Crippen molar-refractivity contribution in [3.8, 4) is 5.75 Å². The van der Waals surface area contributed by atoms with E-state index >= 15 is 0 Å². The minimum absolute atomic E-state index is 0.134. The van der Waals surface area contributed by atoms with E-state index < -0.39 is 0 Å². The molecule has 0 atom stereocenters. The van der Waals surface area contributed by atoms with E-state index in [1.165, 1.54) is 0 Å². The standard InChI is InChI=1S/C20H25N3O4/c1-25-13-14-27-17-6-4-16(5-7-17)15-22-20(24)18-3-2-8-21-19(18)23-9-11-26-12-10-23/h2-8H,9-15H2,1H3,(H,22,24). The fourth-order valence-electron chi connectivity index (χ4n) is 2.83. The summed E-state index contributed by atoms with van der Waals surface area (Å²) in [5.74, 6) is 1.36. The van der Waals surface area contributed by atoms with Crippen LogP contribution in [0.25, 0.3) is 0 Å². The number of hydrogen-bond donors (Lipinski definition) is 1. The van der Waals surface area contributed by atoms with E-state index in [-0.39, 0.29) is 5.91 Å². The van der Waals surface area contributed by atoms with Crippen molar-refractivity contribution in [2.24, 2.45) is 0 Å². The number of rotatable bonds is 8. The highest BCUT2D eigenvalue weighted by molar-refractivity contribution is 5.98. The van der Waals surface area contributed by atoms with E-state index in [1.807, 2.05) is 24.3 Å². The lowest BCUT2D eigenvalue weighted by molar-refractivity contribution is 0.0949. The highest BCUT2D eigenvalue weighted by atomic mass is 16.5. The van der Waals surface area contributed by atoms with Crippen LogP contribution in [0.2, 0.25) is 0 Å². The molecular weight excluding hydrogens is 346 g/mol. The molecule has 2 aromatic rings. The number of anilines is 1. The van der Waals surface area contributed by atoms with Gasteiger partial charge in [0.25, 0.3) is 5.91 Å². The molecule has 3 rings (SSSR count). The first-order valence-corrected chi connectivity index (χ1v) is 9.04. The highest BCUT2D eigenvalue weighted by Gasteiger charge is 2.19. The molecule has 1 aliphatic rings. The molecule has 7 heteroatoms. The smallest absolute Gasteiger partial charge is 0.255 e. The molecule has 144 valence electrons. The molecule has 1 aliphatic heterocycles. The summed E-state index contributed by atoms with van der Waals surface area (Å²) >= 11 is 0. The number of nitrogens with zero attached hydrogens (tertiary/aromatic N) is 2. The summed E-state index contributed by atoms with van der Waals surface area (Å²) < 4.78 is 15.9. The fourth-order valence-corrected chi connectivity index (χ4v) is 2.83. The zero-order valence-corrected chi connectivity index (χ0v) is 15.5. The van der Waals surface area contributed by atoms with Gasteiger partial charge in [-0.25, -0.2) is 4.98 Å². The van der Waals surface area contributed by atoms with Crippen LogP contribution in [0.1, 0.15) is 15.9 Å². The molecule has 0 aliphatic carbocycles. The summed E-state index contributed by atoms with van der Waals surface area (Å²) in [5, 5.41) is 2.97. The van der Waals surface area contributed by atoms with Crippen LogP contribution in [-0.2, 0) is 16.0 Å². The Kier molecular flexibility index (Phi) is 7.01. The van der Waals surface area contributed by atoms with Crippen molar-refractivity contribution in [1.82, 2.24) is 10.3 Å². The third kappa shape index (κ3) is 5.42. The van der Waals surface area contributed by atoms with Crippen molar-refractivity contribution < 1.29 is 19.0 Å². The molecule has 1 fully saturated rings. The highest BCUT2D eigenvalue weighted by Crippen LogP contribution is 2.19. The third-order valence-corrected chi connectivity index (χ3v) is 4.27. The van der Waals surface area contributed by atoms with Gasteiger partial charge in [0, 0.05) is 32.9 Å². The van der Waals surface area contributed by atoms with Crippen molar-refractivity contribution >= 4 is 11.7 Å². The predicted octanol–water partition coefficient (Wildman–Crippen LogP) is 1.87. The number of ether oxygens (including phenoxy) is 3. The lowest BCUT2D eigenvalue weighted by Crippen LogP contribution is -2.38. The van der Waals surface area contributed by atoms with Crippen molar-refractivity contribution in [3.63, 3.8) is 0 Å².